The molecule has 2 N–H and O–H groups in total. The number of benzene rings is 1. The predicted octanol–water partition coefficient (Wildman–Crippen LogP) is 3.33. The van der Waals surface area contributed by atoms with E-state index >= 15 is 0 Å². The first-order valence-corrected chi connectivity index (χ1v) is 10.0. The van der Waals surface area contributed by atoms with Crippen molar-refractivity contribution < 1.29 is 13.2 Å². The molecule has 1 aliphatic heterocycles. The van der Waals surface area contributed by atoms with E-state index in [0.717, 1.165) is 0 Å². The minimum atomic E-state index is -3.72. The van der Waals surface area contributed by atoms with Gasteiger partial charge in [0.2, 0.25) is 10.0 Å². The van der Waals surface area contributed by atoms with E-state index < -0.39 is 10.0 Å². The zero-order chi connectivity index (χ0) is 18.2. The summed E-state index contributed by atoms with van der Waals surface area (Å²) in [6, 6.07) is 4.50. The van der Waals surface area contributed by atoms with Gasteiger partial charge in [0, 0.05) is 22.1 Å². The maximum atomic E-state index is 12.9. The van der Waals surface area contributed by atoms with Gasteiger partial charge in [-0.25, -0.2) is 13.1 Å². The van der Waals surface area contributed by atoms with E-state index in [1.54, 1.807) is 12.1 Å². The van der Waals surface area contributed by atoms with Crippen LogP contribution >= 0.6 is 11.6 Å². The molecule has 24 heavy (non-hydrogen) atoms. The number of halogens is 1. The molecule has 2 rings (SSSR count). The SMILES string of the molecule is CCOc1ccc(Cl)cc1S(=O)(=O)NC1CC(C)(C)NC(C)(C)C1. The highest BCUT2D eigenvalue weighted by Gasteiger charge is 2.39. The van der Waals surface area contributed by atoms with Crippen molar-refractivity contribution in [2.45, 2.75) is 69.5 Å². The minimum absolute atomic E-state index is 0.0889. The maximum Gasteiger partial charge on any atom is 0.244 e. The molecule has 7 heteroatoms. The molecule has 0 atom stereocenters. The standard InChI is InChI=1S/C17H27ClN2O3S/c1-6-23-14-8-7-12(18)9-15(14)24(21,22)19-13-10-16(2,3)20-17(4,5)11-13/h7-9,13,19-20H,6,10-11H2,1-5H3. The third-order valence-electron chi connectivity index (χ3n) is 4.01. The maximum absolute atomic E-state index is 12.9. The second kappa shape index (κ2) is 6.83. The van der Waals surface area contributed by atoms with Gasteiger partial charge < -0.3 is 10.1 Å². The molecule has 0 aliphatic carbocycles. The van der Waals surface area contributed by atoms with Crippen LogP contribution in [0.3, 0.4) is 0 Å². The van der Waals surface area contributed by atoms with Crippen molar-refractivity contribution >= 4 is 21.6 Å². The molecule has 0 spiro atoms. The van der Waals surface area contributed by atoms with Crippen LogP contribution in [0.4, 0.5) is 0 Å². The van der Waals surface area contributed by atoms with Crippen LogP contribution in [0.1, 0.15) is 47.5 Å². The van der Waals surface area contributed by atoms with Crippen molar-refractivity contribution in [3.8, 4) is 5.75 Å². The molecule has 0 saturated carbocycles. The van der Waals surface area contributed by atoms with E-state index in [9.17, 15) is 8.42 Å². The van der Waals surface area contributed by atoms with Gasteiger partial charge in [-0.15, -0.1) is 0 Å². The van der Waals surface area contributed by atoms with Crippen molar-refractivity contribution in [3.05, 3.63) is 23.2 Å². The summed E-state index contributed by atoms with van der Waals surface area (Å²) in [6.07, 6.45) is 1.42. The molecule has 136 valence electrons. The van der Waals surface area contributed by atoms with E-state index in [4.69, 9.17) is 16.3 Å². The first kappa shape index (κ1) is 19.5. The van der Waals surface area contributed by atoms with Gasteiger partial charge >= 0.3 is 0 Å². The Labute approximate surface area is 150 Å². The zero-order valence-corrected chi connectivity index (χ0v) is 16.5. The van der Waals surface area contributed by atoms with Gasteiger partial charge in [-0.2, -0.15) is 0 Å². The average molecular weight is 375 g/mol. The molecular formula is C17H27ClN2O3S. The number of hydrogen-bond donors (Lipinski definition) is 2. The number of hydrogen-bond acceptors (Lipinski definition) is 4. The monoisotopic (exact) mass is 374 g/mol. The molecule has 0 bridgehead atoms. The quantitative estimate of drug-likeness (QED) is 0.829. The summed E-state index contributed by atoms with van der Waals surface area (Å²) in [5.41, 5.74) is -0.294. The summed E-state index contributed by atoms with van der Waals surface area (Å²) in [7, 11) is -3.72. The lowest BCUT2D eigenvalue weighted by Crippen LogP contribution is -2.62. The summed E-state index contributed by atoms with van der Waals surface area (Å²) in [4.78, 5) is 0.0889. The topological polar surface area (TPSA) is 67.4 Å². The third kappa shape index (κ3) is 4.85. The van der Waals surface area contributed by atoms with E-state index in [0.29, 0.717) is 30.2 Å². The third-order valence-corrected chi connectivity index (χ3v) is 5.78. The lowest BCUT2D eigenvalue weighted by atomic mass is 9.80. The molecule has 0 amide bonds. The normalized spacial score (nSPS) is 20.8. The molecule has 1 aromatic rings. The van der Waals surface area contributed by atoms with E-state index in [1.807, 2.05) is 6.92 Å². The highest BCUT2D eigenvalue weighted by atomic mass is 35.5. The number of sulfonamides is 1. The van der Waals surface area contributed by atoms with Gasteiger partial charge in [0.1, 0.15) is 10.6 Å². The van der Waals surface area contributed by atoms with Crippen LogP contribution in [0.5, 0.6) is 5.75 Å². The Morgan fingerprint density at radius 1 is 1.25 bits per heavy atom. The first-order chi connectivity index (χ1) is 10.9. The molecule has 1 aromatic carbocycles. The van der Waals surface area contributed by atoms with Crippen molar-refractivity contribution in [3.63, 3.8) is 0 Å². The summed E-state index contributed by atoms with van der Waals surface area (Å²) >= 11 is 6.00. The van der Waals surface area contributed by atoms with Gasteiger partial charge in [0.15, 0.2) is 0 Å². The lowest BCUT2D eigenvalue weighted by Gasteiger charge is -2.46. The van der Waals surface area contributed by atoms with Crippen LogP contribution in [-0.4, -0.2) is 32.1 Å². The lowest BCUT2D eigenvalue weighted by molar-refractivity contribution is 0.157. The van der Waals surface area contributed by atoms with Gasteiger partial charge in [0.25, 0.3) is 0 Å². The Morgan fingerprint density at radius 3 is 2.38 bits per heavy atom. The molecule has 1 saturated heterocycles. The van der Waals surface area contributed by atoms with Crippen LogP contribution in [0.25, 0.3) is 0 Å². The van der Waals surface area contributed by atoms with Gasteiger partial charge in [-0.1, -0.05) is 11.6 Å². The average Bonchev–Trinajstić information content (AvgIpc) is 2.36. The fourth-order valence-corrected chi connectivity index (χ4v) is 5.30. The summed E-state index contributed by atoms with van der Waals surface area (Å²) < 4.78 is 34.1. The second-order valence-electron chi connectivity index (χ2n) is 7.64. The smallest absolute Gasteiger partial charge is 0.244 e. The predicted molar refractivity (Wildman–Crippen MR) is 97.3 cm³/mol. The van der Waals surface area contributed by atoms with E-state index in [2.05, 4.69) is 37.7 Å². The summed E-state index contributed by atoms with van der Waals surface area (Å²) in [5, 5.41) is 3.91. The Kier molecular flexibility index (Phi) is 5.55. The second-order valence-corrected chi connectivity index (χ2v) is 9.76. The highest BCUT2D eigenvalue weighted by Crippen LogP contribution is 2.32. The summed E-state index contributed by atoms with van der Waals surface area (Å²) in [5.74, 6) is 0.321. The van der Waals surface area contributed by atoms with Gasteiger partial charge in [-0.05, 0) is 65.7 Å². The largest absolute Gasteiger partial charge is 0.492 e. The number of nitrogens with one attached hydrogen (secondary N) is 2. The first-order valence-electron chi connectivity index (χ1n) is 8.18. The van der Waals surface area contributed by atoms with Crippen molar-refractivity contribution in [2.24, 2.45) is 0 Å². The number of ether oxygens (including phenoxy) is 1. The van der Waals surface area contributed by atoms with E-state index in [-0.39, 0.29) is 22.0 Å². The van der Waals surface area contributed by atoms with Crippen molar-refractivity contribution in [1.29, 1.82) is 0 Å². The Balaban J connectivity index is 2.30. The van der Waals surface area contributed by atoms with Crippen LogP contribution in [0.15, 0.2) is 23.1 Å². The molecule has 0 radical (unpaired) electrons. The molecular weight excluding hydrogens is 348 g/mol. The van der Waals surface area contributed by atoms with E-state index in [1.165, 1.54) is 6.07 Å². The minimum Gasteiger partial charge on any atom is -0.492 e. The molecule has 0 aromatic heterocycles. The van der Waals surface area contributed by atoms with Crippen LogP contribution in [0, 0.1) is 0 Å². The fourth-order valence-electron chi connectivity index (χ4n) is 3.66. The van der Waals surface area contributed by atoms with Gasteiger partial charge in [0.05, 0.1) is 6.61 Å². The molecule has 1 aliphatic rings. The molecule has 1 fully saturated rings. The Bertz CT molecular complexity index is 686. The Hall–Kier alpha value is -0.820. The zero-order valence-electron chi connectivity index (χ0n) is 14.9. The van der Waals surface area contributed by atoms with Crippen LogP contribution < -0.4 is 14.8 Å². The molecule has 0 unspecified atom stereocenters. The van der Waals surface area contributed by atoms with Crippen molar-refractivity contribution in [2.75, 3.05) is 6.61 Å². The van der Waals surface area contributed by atoms with Crippen LogP contribution in [0.2, 0.25) is 5.02 Å². The molecule has 5 nitrogen and oxygen atoms in total. The number of piperidine rings is 1. The Morgan fingerprint density at radius 2 is 1.83 bits per heavy atom. The fraction of sp³-hybridized carbons (Fsp3) is 0.647. The highest BCUT2D eigenvalue weighted by molar-refractivity contribution is 7.89. The summed E-state index contributed by atoms with van der Waals surface area (Å²) in [6.45, 7) is 10.5. The molecule has 1 heterocycles. The van der Waals surface area contributed by atoms with Crippen molar-refractivity contribution in [1.82, 2.24) is 10.0 Å². The number of rotatable bonds is 5. The van der Waals surface area contributed by atoms with Gasteiger partial charge in [-0.3, -0.25) is 0 Å². The van der Waals surface area contributed by atoms with Crippen LogP contribution in [-0.2, 0) is 10.0 Å².